The number of hydrogen-bond donors (Lipinski definition) is 1. The van der Waals surface area contributed by atoms with E-state index < -0.39 is 4.92 Å². The molecule has 2 aromatic rings. The van der Waals surface area contributed by atoms with Crippen LogP contribution in [-0.4, -0.2) is 24.0 Å². The largest absolute Gasteiger partial charge is 0.486 e. The summed E-state index contributed by atoms with van der Waals surface area (Å²) in [5.74, 6) is 1.16. The molecule has 1 atom stereocenters. The highest BCUT2D eigenvalue weighted by Gasteiger charge is 2.21. The molecule has 0 fully saturated rings. The van der Waals surface area contributed by atoms with E-state index in [0.29, 0.717) is 30.3 Å². The van der Waals surface area contributed by atoms with E-state index in [4.69, 9.17) is 9.47 Å². The fraction of sp³-hybridized carbons (Fsp3) is 0.286. The van der Waals surface area contributed by atoms with Gasteiger partial charge in [-0.05, 0) is 35.8 Å². The van der Waals surface area contributed by atoms with Gasteiger partial charge in [0.1, 0.15) is 13.2 Å². The standard InChI is InChI=1S/C21H22N2O5/c1-14(2)21(16-7-9-18-19(13-16)28-12-11-27-18)22-20(24)10-8-15-5-3-4-6-17(15)23(25)26/h3-10,13-14,21H,11-12H2,1-2H3,(H,22,24)/b10-8+/t21-/m1/s1. The molecule has 1 heterocycles. The maximum absolute atomic E-state index is 12.5. The van der Waals surface area contributed by atoms with Gasteiger partial charge < -0.3 is 14.8 Å². The zero-order valence-corrected chi connectivity index (χ0v) is 15.8. The maximum Gasteiger partial charge on any atom is 0.276 e. The summed E-state index contributed by atoms with van der Waals surface area (Å²) in [6.45, 7) is 5.03. The number of carbonyl (C=O) groups is 1. The first-order valence-electron chi connectivity index (χ1n) is 9.07. The van der Waals surface area contributed by atoms with E-state index in [2.05, 4.69) is 5.32 Å². The quantitative estimate of drug-likeness (QED) is 0.465. The van der Waals surface area contributed by atoms with E-state index in [9.17, 15) is 14.9 Å². The number of carbonyl (C=O) groups excluding carboxylic acids is 1. The normalized spacial score (nSPS) is 14.1. The van der Waals surface area contributed by atoms with Crippen molar-refractivity contribution < 1.29 is 19.2 Å². The van der Waals surface area contributed by atoms with E-state index in [1.54, 1.807) is 18.2 Å². The van der Waals surface area contributed by atoms with Gasteiger partial charge in [0.15, 0.2) is 11.5 Å². The first-order chi connectivity index (χ1) is 13.5. The lowest BCUT2D eigenvalue weighted by atomic mass is 9.95. The number of benzene rings is 2. The zero-order chi connectivity index (χ0) is 20.1. The predicted molar refractivity (Wildman–Crippen MR) is 105 cm³/mol. The van der Waals surface area contributed by atoms with Gasteiger partial charge >= 0.3 is 0 Å². The van der Waals surface area contributed by atoms with Crippen LogP contribution in [0.5, 0.6) is 11.5 Å². The lowest BCUT2D eigenvalue weighted by Gasteiger charge is -2.25. The number of ether oxygens (including phenoxy) is 2. The van der Waals surface area contributed by atoms with Crippen molar-refractivity contribution in [1.29, 1.82) is 0 Å². The third-order valence-electron chi connectivity index (χ3n) is 4.44. The fourth-order valence-electron chi connectivity index (χ4n) is 3.05. The molecule has 0 saturated carbocycles. The molecular formula is C21H22N2O5. The first kappa shape index (κ1) is 19.4. The molecule has 1 aliphatic rings. The Hall–Kier alpha value is -3.35. The summed E-state index contributed by atoms with van der Waals surface area (Å²) >= 11 is 0. The zero-order valence-electron chi connectivity index (χ0n) is 15.8. The topological polar surface area (TPSA) is 90.7 Å². The maximum atomic E-state index is 12.5. The monoisotopic (exact) mass is 382 g/mol. The molecule has 0 spiro atoms. The smallest absolute Gasteiger partial charge is 0.276 e. The van der Waals surface area contributed by atoms with Crippen LogP contribution in [0.3, 0.4) is 0 Å². The van der Waals surface area contributed by atoms with Crippen molar-refractivity contribution in [2.45, 2.75) is 19.9 Å². The number of nitro benzene ring substituents is 1. The highest BCUT2D eigenvalue weighted by molar-refractivity contribution is 5.92. The third kappa shape index (κ3) is 4.49. The van der Waals surface area contributed by atoms with Crippen LogP contribution in [0, 0.1) is 16.0 Å². The van der Waals surface area contributed by atoms with Crippen LogP contribution in [0.15, 0.2) is 48.5 Å². The van der Waals surface area contributed by atoms with Gasteiger partial charge in [-0.1, -0.05) is 32.0 Å². The number of amides is 1. The van der Waals surface area contributed by atoms with Crippen LogP contribution >= 0.6 is 0 Å². The molecule has 28 heavy (non-hydrogen) atoms. The van der Waals surface area contributed by atoms with Crippen molar-refractivity contribution in [3.63, 3.8) is 0 Å². The molecule has 7 nitrogen and oxygen atoms in total. The molecule has 0 aliphatic carbocycles. The molecule has 1 amide bonds. The molecule has 0 saturated heterocycles. The third-order valence-corrected chi connectivity index (χ3v) is 4.44. The second-order valence-corrected chi connectivity index (χ2v) is 6.78. The number of para-hydroxylation sites is 1. The average molecular weight is 382 g/mol. The van der Waals surface area contributed by atoms with Crippen LogP contribution in [0.4, 0.5) is 5.69 Å². The minimum Gasteiger partial charge on any atom is -0.486 e. The van der Waals surface area contributed by atoms with Crippen LogP contribution in [0.1, 0.15) is 31.0 Å². The Labute approximate surface area is 163 Å². The Kier molecular flexibility index (Phi) is 5.93. The number of hydrogen-bond acceptors (Lipinski definition) is 5. The molecule has 1 N–H and O–H groups in total. The molecule has 0 unspecified atom stereocenters. The van der Waals surface area contributed by atoms with E-state index in [-0.39, 0.29) is 23.6 Å². The Morgan fingerprint density at radius 1 is 1.14 bits per heavy atom. The van der Waals surface area contributed by atoms with E-state index >= 15 is 0 Å². The van der Waals surface area contributed by atoms with Crippen molar-refractivity contribution in [3.05, 3.63) is 69.8 Å². The number of nitrogens with zero attached hydrogens (tertiary/aromatic N) is 1. The van der Waals surface area contributed by atoms with Crippen molar-refractivity contribution in [3.8, 4) is 11.5 Å². The second-order valence-electron chi connectivity index (χ2n) is 6.78. The van der Waals surface area contributed by atoms with Crippen LogP contribution in [-0.2, 0) is 4.79 Å². The molecule has 1 aliphatic heterocycles. The molecule has 0 radical (unpaired) electrons. The summed E-state index contributed by atoms with van der Waals surface area (Å²) in [6.07, 6.45) is 2.77. The Morgan fingerprint density at radius 2 is 1.86 bits per heavy atom. The Balaban J connectivity index is 1.76. The van der Waals surface area contributed by atoms with Crippen LogP contribution in [0.25, 0.3) is 6.08 Å². The van der Waals surface area contributed by atoms with Crippen molar-refractivity contribution in [1.82, 2.24) is 5.32 Å². The lowest BCUT2D eigenvalue weighted by Crippen LogP contribution is -2.30. The SMILES string of the molecule is CC(C)[C@@H](NC(=O)/C=C/c1ccccc1[N+](=O)[O-])c1ccc2c(c1)OCCO2. The number of nitrogens with one attached hydrogen (secondary N) is 1. The Morgan fingerprint density at radius 3 is 2.57 bits per heavy atom. The molecule has 2 aromatic carbocycles. The average Bonchev–Trinajstić information content (AvgIpc) is 2.70. The van der Waals surface area contributed by atoms with Crippen LogP contribution < -0.4 is 14.8 Å². The Bertz CT molecular complexity index is 907. The highest BCUT2D eigenvalue weighted by atomic mass is 16.6. The summed E-state index contributed by atoms with van der Waals surface area (Å²) in [7, 11) is 0. The van der Waals surface area contributed by atoms with Crippen molar-refractivity contribution in [2.75, 3.05) is 13.2 Å². The molecule has 0 aromatic heterocycles. The minimum absolute atomic E-state index is 0.0428. The minimum atomic E-state index is -0.469. The van der Waals surface area contributed by atoms with Crippen molar-refractivity contribution >= 4 is 17.7 Å². The molecular weight excluding hydrogens is 360 g/mol. The van der Waals surface area contributed by atoms with Gasteiger partial charge in [-0.15, -0.1) is 0 Å². The van der Waals surface area contributed by atoms with Gasteiger partial charge in [-0.25, -0.2) is 0 Å². The van der Waals surface area contributed by atoms with E-state index in [1.807, 2.05) is 32.0 Å². The van der Waals surface area contributed by atoms with Gasteiger partial charge in [0.2, 0.25) is 5.91 Å². The molecule has 3 rings (SSSR count). The summed E-state index contributed by atoms with van der Waals surface area (Å²) < 4.78 is 11.2. The van der Waals surface area contributed by atoms with E-state index in [1.165, 1.54) is 18.2 Å². The van der Waals surface area contributed by atoms with Gasteiger partial charge in [-0.3, -0.25) is 14.9 Å². The first-order valence-corrected chi connectivity index (χ1v) is 9.07. The molecule has 146 valence electrons. The van der Waals surface area contributed by atoms with Crippen molar-refractivity contribution in [2.24, 2.45) is 5.92 Å². The molecule has 0 bridgehead atoms. The molecule has 7 heteroatoms. The number of rotatable bonds is 6. The fourth-order valence-corrected chi connectivity index (χ4v) is 3.05. The van der Waals surface area contributed by atoms with Crippen LogP contribution in [0.2, 0.25) is 0 Å². The second kappa shape index (κ2) is 8.56. The van der Waals surface area contributed by atoms with Gasteiger partial charge in [-0.2, -0.15) is 0 Å². The number of fused-ring (bicyclic) bond motifs is 1. The summed E-state index contributed by atoms with van der Waals surface area (Å²) in [6, 6.07) is 11.7. The summed E-state index contributed by atoms with van der Waals surface area (Å²) in [5, 5.41) is 14.1. The van der Waals surface area contributed by atoms with Gasteiger partial charge in [0.25, 0.3) is 5.69 Å². The number of nitro groups is 1. The summed E-state index contributed by atoms with van der Waals surface area (Å²) in [4.78, 5) is 23.1. The van der Waals surface area contributed by atoms with E-state index in [0.717, 1.165) is 5.56 Å². The predicted octanol–water partition coefficient (Wildman–Crippen LogP) is 3.89. The highest BCUT2D eigenvalue weighted by Crippen LogP contribution is 2.34. The summed E-state index contributed by atoms with van der Waals surface area (Å²) in [5.41, 5.74) is 1.24. The van der Waals surface area contributed by atoms with Gasteiger partial charge in [0.05, 0.1) is 16.5 Å². The lowest BCUT2D eigenvalue weighted by molar-refractivity contribution is -0.385. The van der Waals surface area contributed by atoms with Gasteiger partial charge in [0, 0.05) is 12.1 Å².